The number of amides is 2. The van der Waals surface area contributed by atoms with Gasteiger partial charge in [0.15, 0.2) is 5.79 Å². The fraction of sp³-hybridized carbons (Fsp3) is 0.921. The van der Waals surface area contributed by atoms with Crippen molar-refractivity contribution in [1.82, 2.24) is 10.6 Å². The molecule has 0 radical (unpaired) electrons. The minimum absolute atomic E-state index is 0.0457. The third-order valence-electron chi connectivity index (χ3n) is 9.84. The van der Waals surface area contributed by atoms with Crippen LogP contribution in [0.25, 0.3) is 0 Å². The van der Waals surface area contributed by atoms with E-state index in [1.165, 1.54) is 83.5 Å². The Morgan fingerprint density at radius 3 is 1.93 bits per heavy atom. The van der Waals surface area contributed by atoms with Crippen LogP contribution < -0.4 is 10.6 Å². The molecule has 3 atom stereocenters. The first-order chi connectivity index (χ1) is 21.8. The van der Waals surface area contributed by atoms with Gasteiger partial charge in [0.25, 0.3) is 0 Å². The lowest BCUT2D eigenvalue weighted by Gasteiger charge is -2.44. The second-order valence-electron chi connectivity index (χ2n) is 15.8. The number of rotatable bonds is 22. The number of hydrogen-bond donors (Lipinski definition) is 2. The van der Waals surface area contributed by atoms with Crippen LogP contribution in [0.2, 0.25) is 0 Å². The van der Waals surface area contributed by atoms with E-state index in [0.29, 0.717) is 6.61 Å². The van der Waals surface area contributed by atoms with Gasteiger partial charge in [0.05, 0.1) is 19.1 Å². The molecule has 0 aromatic rings. The molecule has 1 aliphatic carbocycles. The Kier molecular flexibility index (Phi) is 18.2. The molecule has 2 aliphatic rings. The average Bonchev–Trinajstić information content (AvgIpc) is 2.99. The maximum absolute atomic E-state index is 13.3. The van der Waals surface area contributed by atoms with Crippen LogP contribution in [0.4, 0.5) is 0 Å². The van der Waals surface area contributed by atoms with Crippen molar-refractivity contribution in [1.29, 1.82) is 0 Å². The quantitative estimate of drug-likeness (QED) is 0.0899. The molecule has 1 saturated carbocycles. The van der Waals surface area contributed by atoms with Gasteiger partial charge in [0, 0.05) is 17.4 Å². The van der Waals surface area contributed by atoms with Crippen molar-refractivity contribution in [3.8, 4) is 0 Å². The van der Waals surface area contributed by atoms with Gasteiger partial charge in [-0.2, -0.15) is 0 Å². The molecule has 1 saturated heterocycles. The van der Waals surface area contributed by atoms with E-state index in [4.69, 9.17) is 14.2 Å². The van der Waals surface area contributed by atoms with Crippen LogP contribution in [-0.4, -0.2) is 55.0 Å². The SMILES string of the molecule is CCCCCCCCCCCCCCCCC(C)(C)C(=O)NC1CCCCC1OC(=O)CCNC(=O)C1OC(C)(C)OCC1(C)C. The van der Waals surface area contributed by atoms with Crippen molar-refractivity contribution in [2.75, 3.05) is 13.2 Å². The van der Waals surface area contributed by atoms with Crippen LogP contribution in [0.5, 0.6) is 0 Å². The highest BCUT2D eigenvalue weighted by Gasteiger charge is 2.45. The highest BCUT2D eigenvalue weighted by molar-refractivity contribution is 5.83. The predicted octanol–water partition coefficient (Wildman–Crippen LogP) is 8.54. The number of nitrogens with one attached hydrogen (secondary N) is 2. The van der Waals surface area contributed by atoms with Crippen LogP contribution in [0.3, 0.4) is 0 Å². The van der Waals surface area contributed by atoms with E-state index in [1.807, 2.05) is 27.7 Å². The first-order valence-electron chi connectivity index (χ1n) is 18.9. The summed E-state index contributed by atoms with van der Waals surface area (Å²) in [7, 11) is 0. The van der Waals surface area contributed by atoms with Crippen molar-refractivity contribution in [2.45, 2.75) is 201 Å². The first-order valence-corrected chi connectivity index (χ1v) is 18.9. The maximum Gasteiger partial charge on any atom is 0.307 e. The van der Waals surface area contributed by atoms with Crippen LogP contribution in [0.15, 0.2) is 0 Å². The summed E-state index contributed by atoms with van der Waals surface area (Å²) in [5.41, 5.74) is -0.935. The Morgan fingerprint density at radius 1 is 0.804 bits per heavy atom. The third-order valence-corrected chi connectivity index (χ3v) is 9.84. The molecule has 2 amide bonds. The van der Waals surface area contributed by atoms with Gasteiger partial charge in [-0.1, -0.05) is 131 Å². The molecule has 8 nitrogen and oxygen atoms in total. The monoisotopic (exact) mass is 651 g/mol. The minimum atomic E-state index is -0.836. The van der Waals surface area contributed by atoms with Gasteiger partial charge in [0.1, 0.15) is 12.2 Å². The van der Waals surface area contributed by atoms with Crippen LogP contribution in [0, 0.1) is 10.8 Å². The normalized spacial score (nSPS) is 22.6. The lowest BCUT2D eigenvalue weighted by molar-refractivity contribution is -0.304. The second-order valence-corrected chi connectivity index (χ2v) is 15.8. The number of unbranched alkanes of at least 4 members (excludes halogenated alkanes) is 13. The highest BCUT2D eigenvalue weighted by Crippen LogP contribution is 2.35. The zero-order chi connectivity index (χ0) is 34.1. The summed E-state index contributed by atoms with van der Waals surface area (Å²) < 4.78 is 17.4. The maximum atomic E-state index is 13.3. The summed E-state index contributed by atoms with van der Waals surface area (Å²) >= 11 is 0. The number of hydrogen-bond acceptors (Lipinski definition) is 6. The Morgan fingerprint density at radius 2 is 1.35 bits per heavy atom. The third kappa shape index (κ3) is 15.5. The van der Waals surface area contributed by atoms with Gasteiger partial charge in [0.2, 0.25) is 11.8 Å². The van der Waals surface area contributed by atoms with E-state index in [2.05, 4.69) is 17.6 Å². The molecule has 8 heteroatoms. The topological polar surface area (TPSA) is 103 Å². The summed E-state index contributed by atoms with van der Waals surface area (Å²) in [4.78, 5) is 38.9. The average molecular weight is 651 g/mol. The first kappa shape index (κ1) is 40.5. The number of ether oxygens (including phenoxy) is 3. The molecule has 1 aliphatic heterocycles. The summed E-state index contributed by atoms with van der Waals surface area (Å²) in [6.45, 7) is 14.4. The Balaban J connectivity index is 1.63. The highest BCUT2D eigenvalue weighted by atomic mass is 16.7. The number of carbonyl (C=O) groups excluding carboxylic acids is 3. The van der Waals surface area contributed by atoms with Gasteiger partial charge in [-0.3, -0.25) is 14.4 Å². The second kappa shape index (κ2) is 20.6. The molecule has 0 spiro atoms. The molecule has 2 rings (SSSR count). The zero-order valence-corrected chi connectivity index (χ0v) is 30.7. The van der Waals surface area contributed by atoms with Gasteiger partial charge in [-0.05, 0) is 39.5 Å². The molecule has 46 heavy (non-hydrogen) atoms. The fourth-order valence-corrected chi connectivity index (χ4v) is 6.57. The van der Waals surface area contributed by atoms with Crippen LogP contribution in [-0.2, 0) is 28.6 Å². The Bertz CT molecular complexity index is 902. The van der Waals surface area contributed by atoms with Crippen molar-refractivity contribution in [2.24, 2.45) is 10.8 Å². The zero-order valence-electron chi connectivity index (χ0n) is 30.7. The Hall–Kier alpha value is -1.67. The molecule has 0 aromatic heterocycles. The fourth-order valence-electron chi connectivity index (χ4n) is 6.57. The molecular weight excluding hydrogens is 580 g/mol. The van der Waals surface area contributed by atoms with Crippen molar-refractivity contribution < 1.29 is 28.6 Å². The molecule has 268 valence electrons. The summed E-state index contributed by atoms with van der Waals surface area (Å²) in [6, 6.07) is -0.172. The molecule has 0 bridgehead atoms. The van der Waals surface area contributed by atoms with Gasteiger partial charge in [-0.25, -0.2) is 0 Å². The Labute approximate surface area is 281 Å². The van der Waals surface area contributed by atoms with Crippen molar-refractivity contribution >= 4 is 17.8 Å². The van der Waals surface area contributed by atoms with Gasteiger partial charge >= 0.3 is 5.97 Å². The predicted molar refractivity (Wildman–Crippen MR) is 185 cm³/mol. The summed E-state index contributed by atoms with van der Waals surface area (Å²) in [6.07, 6.45) is 22.0. The van der Waals surface area contributed by atoms with Crippen molar-refractivity contribution in [3.63, 3.8) is 0 Å². The molecule has 1 heterocycles. The van der Waals surface area contributed by atoms with E-state index in [9.17, 15) is 14.4 Å². The summed E-state index contributed by atoms with van der Waals surface area (Å²) in [5, 5.41) is 6.07. The number of carbonyl (C=O) groups is 3. The van der Waals surface area contributed by atoms with Crippen LogP contribution in [0.1, 0.15) is 177 Å². The minimum Gasteiger partial charge on any atom is -0.460 e. The largest absolute Gasteiger partial charge is 0.460 e. The number of esters is 1. The summed E-state index contributed by atoms with van der Waals surface area (Å²) in [5.74, 6) is -1.40. The molecule has 0 aromatic carbocycles. The lowest BCUT2D eigenvalue weighted by Crippen LogP contribution is -2.56. The van der Waals surface area contributed by atoms with E-state index < -0.39 is 22.7 Å². The van der Waals surface area contributed by atoms with Crippen LogP contribution >= 0.6 is 0 Å². The van der Waals surface area contributed by atoms with Gasteiger partial charge < -0.3 is 24.8 Å². The van der Waals surface area contributed by atoms with E-state index in [1.54, 1.807) is 13.8 Å². The molecule has 3 unspecified atom stereocenters. The van der Waals surface area contributed by atoms with Gasteiger partial charge in [-0.15, -0.1) is 0 Å². The van der Waals surface area contributed by atoms with E-state index >= 15 is 0 Å². The molecule has 2 fully saturated rings. The molecule has 2 N–H and O–H groups in total. The standard InChI is InChI=1S/C38H70N2O6/c1-8-9-10-11-12-13-14-15-16-17-18-19-20-23-27-36(2,3)35(43)40-30-24-21-22-25-31(30)45-32(41)26-28-39-34(42)33-37(4,5)29-44-38(6,7)46-33/h30-31,33H,8-29H2,1-7H3,(H,39,42)(H,40,43). The van der Waals surface area contributed by atoms with E-state index in [-0.39, 0.29) is 42.9 Å². The molecular formula is C38H70N2O6. The smallest absolute Gasteiger partial charge is 0.307 e. The van der Waals surface area contributed by atoms with Crippen molar-refractivity contribution in [3.05, 3.63) is 0 Å². The van der Waals surface area contributed by atoms with E-state index in [0.717, 1.165) is 38.5 Å². The lowest BCUT2D eigenvalue weighted by atomic mass is 9.84.